The lowest BCUT2D eigenvalue weighted by Crippen LogP contribution is -2.54. The van der Waals surface area contributed by atoms with Gasteiger partial charge in [-0.25, -0.2) is 0 Å². The van der Waals surface area contributed by atoms with Gasteiger partial charge in [-0.2, -0.15) is 0 Å². The van der Waals surface area contributed by atoms with E-state index >= 15 is 0 Å². The second-order valence-corrected chi connectivity index (χ2v) is 4.57. The molecule has 1 aliphatic heterocycles. The zero-order chi connectivity index (χ0) is 14.9. The molecule has 0 aliphatic carbocycles. The zero-order valence-corrected chi connectivity index (χ0v) is 11.0. The molecule has 1 aromatic carbocycles. The molecule has 0 unspecified atom stereocenters. The fourth-order valence-corrected chi connectivity index (χ4v) is 1.88. The maximum Gasteiger partial charge on any atom is 0.281 e. The maximum atomic E-state index is 14.1. The predicted molar refractivity (Wildman–Crippen MR) is 68.7 cm³/mol. The van der Waals surface area contributed by atoms with Crippen molar-refractivity contribution in [3.05, 3.63) is 24.3 Å². The van der Waals surface area contributed by atoms with Crippen LogP contribution in [0.5, 0.6) is 5.75 Å². The summed E-state index contributed by atoms with van der Waals surface area (Å²) in [5.41, 5.74) is -0.0156. The molecule has 0 radical (unpaired) electrons. The van der Waals surface area contributed by atoms with Crippen molar-refractivity contribution in [1.29, 1.82) is 0 Å². The van der Waals surface area contributed by atoms with Crippen LogP contribution in [0.3, 0.4) is 0 Å². The van der Waals surface area contributed by atoms with Gasteiger partial charge in [-0.15, -0.1) is 5.12 Å². The molecular formula is C13H15FN2O4. The van der Waals surface area contributed by atoms with E-state index in [1.165, 1.54) is 19.1 Å². The summed E-state index contributed by atoms with van der Waals surface area (Å²) in [5, 5.41) is 11.4. The van der Waals surface area contributed by atoms with Crippen molar-refractivity contribution >= 4 is 17.5 Å². The van der Waals surface area contributed by atoms with Gasteiger partial charge in [-0.1, -0.05) is 16.6 Å². The van der Waals surface area contributed by atoms with Crippen molar-refractivity contribution < 1.29 is 23.9 Å². The number of hydrogen-bond acceptors (Lipinski definition) is 4. The molecule has 6 nitrogen and oxygen atoms in total. The van der Waals surface area contributed by atoms with Crippen molar-refractivity contribution in [3.8, 4) is 5.75 Å². The number of carbonyl (C=O) groups excluding carboxylic acids is 2. The average molecular weight is 282 g/mol. The van der Waals surface area contributed by atoms with E-state index in [9.17, 15) is 14.1 Å². The van der Waals surface area contributed by atoms with Crippen LogP contribution in [0.2, 0.25) is 0 Å². The van der Waals surface area contributed by atoms with E-state index < -0.39 is 30.1 Å². The largest absolute Gasteiger partial charge is 0.486 e. The molecule has 20 heavy (non-hydrogen) atoms. The van der Waals surface area contributed by atoms with Gasteiger partial charge in [-0.3, -0.25) is 9.59 Å². The van der Waals surface area contributed by atoms with Crippen molar-refractivity contribution in [2.75, 3.05) is 5.12 Å². The SMILES string of the molecule is C[C@H](O)C(=O)N[C@@H]1C(=O)N(F)c2ccccc2O[C@@H]1C. The average Bonchev–Trinajstić information content (AvgIpc) is 2.50. The molecule has 108 valence electrons. The summed E-state index contributed by atoms with van der Waals surface area (Å²) in [6.07, 6.45) is -2.07. The summed E-state index contributed by atoms with van der Waals surface area (Å²) in [6, 6.07) is 4.94. The monoisotopic (exact) mass is 282 g/mol. The van der Waals surface area contributed by atoms with E-state index in [2.05, 4.69) is 5.32 Å². The first kappa shape index (κ1) is 14.3. The van der Waals surface area contributed by atoms with Gasteiger partial charge in [0.1, 0.15) is 29.7 Å². The number of carbonyl (C=O) groups is 2. The molecule has 0 fully saturated rings. The van der Waals surface area contributed by atoms with Gasteiger partial charge in [0.2, 0.25) is 5.91 Å². The minimum absolute atomic E-state index is 0.0156. The molecule has 7 heteroatoms. The molecule has 2 rings (SSSR count). The number of amides is 2. The number of anilines is 1. The van der Waals surface area contributed by atoms with Gasteiger partial charge in [-0.05, 0) is 26.0 Å². The van der Waals surface area contributed by atoms with Gasteiger partial charge in [0, 0.05) is 0 Å². The Hall–Kier alpha value is -2.15. The highest BCUT2D eigenvalue weighted by molar-refractivity contribution is 6.00. The third-order valence-electron chi connectivity index (χ3n) is 3.00. The lowest BCUT2D eigenvalue weighted by atomic mass is 10.1. The number of hydrogen-bond donors (Lipinski definition) is 2. The smallest absolute Gasteiger partial charge is 0.281 e. The van der Waals surface area contributed by atoms with Crippen LogP contribution in [-0.2, 0) is 9.59 Å². The van der Waals surface area contributed by atoms with E-state index in [1.807, 2.05) is 0 Å². The number of halogens is 1. The second-order valence-electron chi connectivity index (χ2n) is 4.57. The van der Waals surface area contributed by atoms with E-state index in [0.717, 1.165) is 0 Å². The quantitative estimate of drug-likeness (QED) is 0.776. The normalized spacial score (nSPS) is 23.4. The Morgan fingerprint density at radius 3 is 2.80 bits per heavy atom. The lowest BCUT2D eigenvalue weighted by molar-refractivity contribution is -0.134. The molecule has 0 aromatic heterocycles. The zero-order valence-electron chi connectivity index (χ0n) is 11.0. The van der Waals surface area contributed by atoms with Crippen molar-refractivity contribution in [2.45, 2.75) is 32.1 Å². The van der Waals surface area contributed by atoms with Crippen LogP contribution >= 0.6 is 0 Å². The first-order valence-corrected chi connectivity index (χ1v) is 6.15. The Kier molecular flexibility index (Phi) is 3.89. The van der Waals surface area contributed by atoms with Crippen LogP contribution in [-0.4, -0.2) is 35.2 Å². The highest BCUT2D eigenvalue weighted by atomic mass is 19.2. The minimum atomic E-state index is -1.30. The standard InChI is InChI=1S/C13H15FN2O4/c1-7(17)12(18)15-11-8(2)20-10-6-4-3-5-9(10)16(14)13(11)19/h3-8,11,17H,1-2H3,(H,15,18)/t7-,8+,11-/m0/s1. The first-order valence-electron chi connectivity index (χ1n) is 6.15. The first-order chi connectivity index (χ1) is 9.41. The van der Waals surface area contributed by atoms with Gasteiger partial charge < -0.3 is 15.2 Å². The highest BCUT2D eigenvalue weighted by Crippen LogP contribution is 2.33. The third kappa shape index (κ3) is 2.57. The lowest BCUT2D eigenvalue weighted by Gasteiger charge is -2.22. The number of rotatable bonds is 2. The fraction of sp³-hybridized carbons (Fsp3) is 0.385. The minimum Gasteiger partial charge on any atom is -0.486 e. The summed E-state index contributed by atoms with van der Waals surface area (Å²) in [5.74, 6) is -1.50. The van der Waals surface area contributed by atoms with E-state index in [4.69, 9.17) is 9.84 Å². The van der Waals surface area contributed by atoms with Crippen molar-refractivity contribution in [3.63, 3.8) is 0 Å². The van der Waals surface area contributed by atoms with Crippen LogP contribution < -0.4 is 15.2 Å². The van der Waals surface area contributed by atoms with Gasteiger partial charge in [0.15, 0.2) is 0 Å². The number of aliphatic hydroxyl groups excluding tert-OH is 1. The van der Waals surface area contributed by atoms with Gasteiger partial charge >= 0.3 is 0 Å². The Balaban J connectivity index is 2.30. The molecule has 2 amide bonds. The topological polar surface area (TPSA) is 78.9 Å². The molecule has 1 aromatic rings. The predicted octanol–water partition coefficient (Wildman–Crippen LogP) is 0.551. The fourth-order valence-electron chi connectivity index (χ4n) is 1.88. The highest BCUT2D eigenvalue weighted by Gasteiger charge is 2.38. The van der Waals surface area contributed by atoms with Gasteiger partial charge in [0.05, 0.1) is 0 Å². The number of ether oxygens (including phenoxy) is 1. The number of aliphatic hydroxyl groups is 1. The number of nitrogens with one attached hydrogen (secondary N) is 1. The Morgan fingerprint density at radius 2 is 2.15 bits per heavy atom. The Bertz CT molecular complexity index is 535. The molecule has 0 saturated heterocycles. The summed E-state index contributed by atoms with van der Waals surface area (Å²) in [6.45, 7) is 2.80. The van der Waals surface area contributed by atoms with Crippen LogP contribution in [0, 0.1) is 0 Å². The maximum absolute atomic E-state index is 14.1. The summed E-state index contributed by atoms with van der Waals surface area (Å²) in [4.78, 5) is 23.5. The molecule has 0 bridgehead atoms. The molecule has 1 heterocycles. The second kappa shape index (κ2) is 5.46. The molecule has 0 spiro atoms. The summed E-state index contributed by atoms with van der Waals surface area (Å²) < 4.78 is 19.6. The van der Waals surface area contributed by atoms with Gasteiger partial charge in [0.25, 0.3) is 5.91 Å². The van der Waals surface area contributed by atoms with E-state index in [1.54, 1.807) is 19.1 Å². The summed E-state index contributed by atoms with van der Waals surface area (Å²) >= 11 is 0. The molecule has 0 saturated carbocycles. The molecule has 3 atom stereocenters. The number of nitrogens with zero attached hydrogens (tertiary/aromatic N) is 1. The van der Waals surface area contributed by atoms with Crippen LogP contribution in [0.1, 0.15) is 13.8 Å². The third-order valence-corrected chi connectivity index (χ3v) is 3.00. The van der Waals surface area contributed by atoms with Crippen LogP contribution in [0.25, 0.3) is 0 Å². The molecule has 2 N–H and O–H groups in total. The van der Waals surface area contributed by atoms with Crippen LogP contribution in [0.4, 0.5) is 10.2 Å². The number of benzene rings is 1. The van der Waals surface area contributed by atoms with Crippen molar-refractivity contribution in [2.24, 2.45) is 0 Å². The number of fused-ring (bicyclic) bond motifs is 1. The summed E-state index contributed by atoms with van der Waals surface area (Å²) in [7, 11) is 0. The van der Waals surface area contributed by atoms with E-state index in [0.29, 0.717) is 0 Å². The van der Waals surface area contributed by atoms with E-state index in [-0.39, 0.29) is 16.6 Å². The Morgan fingerprint density at radius 1 is 1.50 bits per heavy atom. The van der Waals surface area contributed by atoms with Crippen molar-refractivity contribution in [1.82, 2.24) is 5.32 Å². The number of para-hydroxylation sites is 2. The Labute approximate surface area is 115 Å². The molecular weight excluding hydrogens is 267 g/mol. The molecule has 1 aliphatic rings. The van der Waals surface area contributed by atoms with Crippen LogP contribution in [0.15, 0.2) is 24.3 Å².